The topological polar surface area (TPSA) is 40.1 Å². The summed E-state index contributed by atoms with van der Waals surface area (Å²) in [5.74, 6) is 1.87. The van der Waals surface area contributed by atoms with Crippen LogP contribution in [0.15, 0.2) is 4.99 Å². The number of nitrogens with one attached hydrogen (secondary N) is 1. The number of rotatable bonds is 4. The van der Waals surface area contributed by atoms with Crippen LogP contribution < -0.4 is 5.32 Å². The lowest BCUT2D eigenvalue weighted by Gasteiger charge is -2.38. The molecule has 5 nitrogen and oxygen atoms in total. The fraction of sp³-hybridized carbons (Fsp3) is 0.941. The molecule has 0 aromatic rings. The molecule has 2 aliphatic rings. The van der Waals surface area contributed by atoms with Crippen molar-refractivity contribution >= 4 is 5.96 Å². The summed E-state index contributed by atoms with van der Waals surface area (Å²) in [5.41, 5.74) is 0. The number of piperidine rings is 1. The van der Waals surface area contributed by atoms with Gasteiger partial charge < -0.3 is 15.0 Å². The van der Waals surface area contributed by atoms with Gasteiger partial charge in [0.15, 0.2) is 5.96 Å². The third kappa shape index (κ3) is 4.85. The van der Waals surface area contributed by atoms with E-state index in [1.807, 2.05) is 0 Å². The SMILES string of the molecule is CCNC(=NCC(C)N1CCOCC1C)N1CCCC(C)C1. The van der Waals surface area contributed by atoms with Gasteiger partial charge in [0.25, 0.3) is 0 Å². The van der Waals surface area contributed by atoms with Crippen molar-refractivity contribution in [1.29, 1.82) is 0 Å². The van der Waals surface area contributed by atoms with Gasteiger partial charge in [-0.1, -0.05) is 6.92 Å². The highest BCUT2D eigenvalue weighted by molar-refractivity contribution is 5.80. The van der Waals surface area contributed by atoms with Crippen LogP contribution in [0.4, 0.5) is 0 Å². The fourth-order valence-electron chi connectivity index (χ4n) is 3.53. The Kier molecular flexibility index (Phi) is 6.96. The van der Waals surface area contributed by atoms with Crippen LogP contribution in [-0.2, 0) is 4.74 Å². The van der Waals surface area contributed by atoms with E-state index in [0.717, 1.165) is 57.8 Å². The van der Waals surface area contributed by atoms with E-state index < -0.39 is 0 Å². The number of hydrogen-bond acceptors (Lipinski definition) is 3. The Hall–Kier alpha value is -0.810. The van der Waals surface area contributed by atoms with E-state index in [4.69, 9.17) is 9.73 Å². The molecule has 1 N–H and O–H groups in total. The van der Waals surface area contributed by atoms with Crippen LogP contribution in [0.5, 0.6) is 0 Å². The summed E-state index contributed by atoms with van der Waals surface area (Å²) in [4.78, 5) is 9.89. The van der Waals surface area contributed by atoms with Gasteiger partial charge in [-0.15, -0.1) is 0 Å². The first kappa shape index (κ1) is 17.5. The van der Waals surface area contributed by atoms with E-state index in [2.05, 4.69) is 42.8 Å². The molecule has 128 valence electrons. The Balaban J connectivity index is 1.93. The maximum atomic E-state index is 5.54. The first-order valence-corrected chi connectivity index (χ1v) is 8.98. The summed E-state index contributed by atoms with van der Waals surface area (Å²) in [6, 6.07) is 0.964. The van der Waals surface area contributed by atoms with Gasteiger partial charge in [0.05, 0.1) is 19.8 Å². The lowest BCUT2D eigenvalue weighted by molar-refractivity contribution is -0.0166. The Morgan fingerprint density at radius 3 is 2.86 bits per heavy atom. The molecule has 5 heteroatoms. The van der Waals surface area contributed by atoms with Gasteiger partial charge in [-0.05, 0) is 39.5 Å². The van der Waals surface area contributed by atoms with Crippen molar-refractivity contribution in [2.45, 2.75) is 52.6 Å². The number of guanidine groups is 1. The van der Waals surface area contributed by atoms with Crippen LogP contribution >= 0.6 is 0 Å². The molecule has 0 amide bonds. The Labute approximate surface area is 136 Å². The summed E-state index contributed by atoms with van der Waals surface area (Å²) >= 11 is 0. The molecule has 2 saturated heterocycles. The zero-order valence-electron chi connectivity index (χ0n) is 14.8. The fourth-order valence-corrected chi connectivity index (χ4v) is 3.53. The molecule has 0 radical (unpaired) electrons. The molecule has 22 heavy (non-hydrogen) atoms. The molecule has 2 fully saturated rings. The normalized spacial score (nSPS) is 29.5. The van der Waals surface area contributed by atoms with Gasteiger partial charge >= 0.3 is 0 Å². The predicted octanol–water partition coefficient (Wildman–Crippen LogP) is 1.79. The average molecular weight is 310 g/mol. The van der Waals surface area contributed by atoms with Gasteiger partial charge in [-0.25, -0.2) is 0 Å². The lowest BCUT2D eigenvalue weighted by atomic mass is 10.0. The summed E-state index contributed by atoms with van der Waals surface area (Å²) in [5, 5.41) is 3.48. The van der Waals surface area contributed by atoms with Gasteiger partial charge in [-0.3, -0.25) is 9.89 Å². The van der Waals surface area contributed by atoms with E-state index in [1.54, 1.807) is 0 Å². The van der Waals surface area contributed by atoms with Gasteiger partial charge in [0, 0.05) is 38.3 Å². The van der Waals surface area contributed by atoms with E-state index in [-0.39, 0.29) is 0 Å². The van der Waals surface area contributed by atoms with E-state index in [0.29, 0.717) is 12.1 Å². The van der Waals surface area contributed by atoms with Gasteiger partial charge in [0.1, 0.15) is 0 Å². The molecule has 3 unspecified atom stereocenters. The second-order valence-corrected chi connectivity index (χ2v) is 6.90. The highest BCUT2D eigenvalue weighted by atomic mass is 16.5. The largest absolute Gasteiger partial charge is 0.379 e. The molecule has 0 spiro atoms. The summed E-state index contributed by atoms with van der Waals surface area (Å²) in [6.45, 7) is 15.8. The highest BCUT2D eigenvalue weighted by Crippen LogP contribution is 2.16. The van der Waals surface area contributed by atoms with Crippen molar-refractivity contribution in [2.24, 2.45) is 10.9 Å². The first-order chi connectivity index (χ1) is 10.6. The van der Waals surface area contributed by atoms with Crippen molar-refractivity contribution in [1.82, 2.24) is 15.1 Å². The smallest absolute Gasteiger partial charge is 0.193 e. The number of aliphatic imine (C=N–C) groups is 1. The molecule has 2 heterocycles. The van der Waals surface area contributed by atoms with Crippen LogP contribution in [0.25, 0.3) is 0 Å². The molecule has 0 saturated carbocycles. The number of likely N-dealkylation sites (tertiary alicyclic amines) is 1. The van der Waals surface area contributed by atoms with E-state index >= 15 is 0 Å². The number of ether oxygens (including phenoxy) is 1. The minimum Gasteiger partial charge on any atom is -0.379 e. The average Bonchev–Trinajstić information content (AvgIpc) is 2.51. The third-order valence-corrected chi connectivity index (χ3v) is 4.78. The maximum Gasteiger partial charge on any atom is 0.193 e. The van der Waals surface area contributed by atoms with Crippen molar-refractivity contribution in [3.8, 4) is 0 Å². The van der Waals surface area contributed by atoms with Gasteiger partial charge in [0.2, 0.25) is 0 Å². The molecule has 0 aliphatic carbocycles. The van der Waals surface area contributed by atoms with Crippen molar-refractivity contribution in [3.05, 3.63) is 0 Å². The van der Waals surface area contributed by atoms with E-state index in [1.165, 1.54) is 12.8 Å². The third-order valence-electron chi connectivity index (χ3n) is 4.78. The van der Waals surface area contributed by atoms with Gasteiger partial charge in [-0.2, -0.15) is 0 Å². The molecule has 0 bridgehead atoms. The Bertz CT molecular complexity index is 361. The second kappa shape index (κ2) is 8.73. The number of morpholine rings is 1. The molecule has 3 atom stereocenters. The summed E-state index contributed by atoms with van der Waals surface area (Å²) in [7, 11) is 0. The highest BCUT2D eigenvalue weighted by Gasteiger charge is 2.24. The maximum absolute atomic E-state index is 5.54. The minimum atomic E-state index is 0.467. The van der Waals surface area contributed by atoms with Crippen molar-refractivity contribution in [3.63, 3.8) is 0 Å². The molecular formula is C17H34N4O. The first-order valence-electron chi connectivity index (χ1n) is 8.98. The van der Waals surface area contributed by atoms with Crippen LogP contribution in [0.3, 0.4) is 0 Å². The zero-order chi connectivity index (χ0) is 15.9. The van der Waals surface area contributed by atoms with Crippen molar-refractivity contribution in [2.75, 3.05) is 45.9 Å². The molecule has 2 aliphatic heterocycles. The summed E-state index contributed by atoms with van der Waals surface area (Å²) in [6.07, 6.45) is 2.62. The summed E-state index contributed by atoms with van der Waals surface area (Å²) < 4.78 is 5.54. The predicted molar refractivity (Wildman–Crippen MR) is 92.4 cm³/mol. The number of hydrogen-bond donors (Lipinski definition) is 1. The van der Waals surface area contributed by atoms with Crippen LogP contribution in [-0.4, -0.2) is 73.8 Å². The number of nitrogens with zero attached hydrogens (tertiary/aromatic N) is 3. The molecular weight excluding hydrogens is 276 g/mol. The van der Waals surface area contributed by atoms with Crippen LogP contribution in [0, 0.1) is 5.92 Å². The van der Waals surface area contributed by atoms with Crippen LogP contribution in [0.2, 0.25) is 0 Å². The van der Waals surface area contributed by atoms with Crippen molar-refractivity contribution < 1.29 is 4.74 Å². The molecule has 2 rings (SSSR count). The lowest BCUT2D eigenvalue weighted by Crippen LogP contribution is -2.50. The Morgan fingerprint density at radius 1 is 1.36 bits per heavy atom. The monoisotopic (exact) mass is 310 g/mol. The molecule has 0 aromatic carbocycles. The zero-order valence-corrected chi connectivity index (χ0v) is 14.8. The minimum absolute atomic E-state index is 0.467. The van der Waals surface area contributed by atoms with Crippen LogP contribution in [0.1, 0.15) is 40.5 Å². The second-order valence-electron chi connectivity index (χ2n) is 6.90. The standard InChI is InChI=1S/C17H34N4O/c1-5-18-17(20-8-6-7-14(2)12-20)19-11-15(3)21-9-10-22-13-16(21)4/h14-16H,5-13H2,1-4H3,(H,18,19). The molecule has 0 aromatic heterocycles. The van der Waals surface area contributed by atoms with E-state index in [9.17, 15) is 0 Å². The quantitative estimate of drug-likeness (QED) is 0.635. The Morgan fingerprint density at radius 2 is 2.18 bits per heavy atom.